The third-order valence-corrected chi connectivity index (χ3v) is 5.74. The Morgan fingerprint density at radius 1 is 0.909 bits per heavy atom. The third-order valence-electron chi connectivity index (χ3n) is 5.74. The van der Waals surface area contributed by atoms with Gasteiger partial charge in [-0.3, -0.25) is 0 Å². The van der Waals surface area contributed by atoms with E-state index >= 15 is 0 Å². The van der Waals surface area contributed by atoms with Crippen molar-refractivity contribution in [2.45, 2.75) is 12.5 Å². The highest BCUT2D eigenvalue weighted by Gasteiger charge is 2.28. The van der Waals surface area contributed by atoms with Crippen molar-refractivity contribution in [2.75, 3.05) is 19.0 Å². The van der Waals surface area contributed by atoms with Gasteiger partial charge in [0.15, 0.2) is 5.82 Å². The van der Waals surface area contributed by atoms with Crippen LogP contribution < -0.4 is 10.1 Å². The lowest BCUT2D eigenvalue weighted by Crippen LogP contribution is -2.23. The van der Waals surface area contributed by atoms with E-state index in [-0.39, 0.29) is 6.04 Å². The molecule has 3 aromatic carbocycles. The highest BCUT2D eigenvalue weighted by molar-refractivity contribution is 6.05. The summed E-state index contributed by atoms with van der Waals surface area (Å²) in [5.74, 6) is 0.754. The third kappa shape index (κ3) is 4.03. The molecule has 0 aliphatic carbocycles. The molecule has 6 nitrogen and oxygen atoms in total. The number of aromatic nitrogens is 2. The number of hydrogen-bond donors (Lipinski definition) is 1. The Labute approximate surface area is 192 Å². The number of fused-ring (bicyclic) bond motifs is 1. The monoisotopic (exact) mass is 437 g/mol. The molecule has 1 aliphatic rings. The first-order chi connectivity index (χ1) is 16.3. The fourth-order valence-electron chi connectivity index (χ4n) is 4.18. The molecule has 0 bridgehead atoms. The maximum Gasteiger partial charge on any atom is 0.342 e. The molecule has 164 valence electrons. The van der Waals surface area contributed by atoms with Crippen LogP contribution in [0.15, 0.2) is 84.9 Å². The molecular formula is C27H23N3O3. The Balaban J connectivity index is 1.69. The molecule has 6 heteroatoms. The number of nitrogens with one attached hydrogen (secondary N) is 1. The largest absolute Gasteiger partial charge is 0.493 e. The summed E-state index contributed by atoms with van der Waals surface area (Å²) < 4.78 is 11.0. The molecule has 1 unspecified atom stereocenters. The predicted molar refractivity (Wildman–Crippen MR) is 127 cm³/mol. The topological polar surface area (TPSA) is 73.3 Å². The highest BCUT2D eigenvalue weighted by Crippen LogP contribution is 2.39. The van der Waals surface area contributed by atoms with E-state index in [0.717, 1.165) is 28.9 Å². The second-order valence-corrected chi connectivity index (χ2v) is 7.74. The number of carbonyl (C=O) groups excluding carboxylic acids is 1. The Hall–Kier alpha value is -4.19. The average Bonchev–Trinajstić information content (AvgIpc) is 2.89. The van der Waals surface area contributed by atoms with E-state index in [1.807, 2.05) is 84.9 Å². The van der Waals surface area contributed by atoms with Crippen LogP contribution >= 0.6 is 0 Å². The Kier molecular flexibility index (Phi) is 5.72. The maximum atomic E-state index is 13.1. The number of para-hydroxylation sites is 1. The van der Waals surface area contributed by atoms with E-state index in [1.165, 1.54) is 7.11 Å². The first-order valence-electron chi connectivity index (χ1n) is 10.8. The molecular weight excluding hydrogens is 414 g/mol. The van der Waals surface area contributed by atoms with Crippen molar-refractivity contribution in [1.29, 1.82) is 0 Å². The fourth-order valence-corrected chi connectivity index (χ4v) is 4.18. The van der Waals surface area contributed by atoms with Crippen LogP contribution in [-0.4, -0.2) is 29.9 Å². The Morgan fingerprint density at radius 3 is 2.30 bits per heavy atom. The molecule has 0 spiro atoms. The first kappa shape index (κ1) is 20.7. The minimum absolute atomic E-state index is 0.0705. The smallest absolute Gasteiger partial charge is 0.342 e. The van der Waals surface area contributed by atoms with Crippen molar-refractivity contribution in [3.63, 3.8) is 0 Å². The zero-order valence-electron chi connectivity index (χ0n) is 18.2. The van der Waals surface area contributed by atoms with E-state index in [0.29, 0.717) is 29.2 Å². The zero-order valence-corrected chi connectivity index (χ0v) is 18.2. The van der Waals surface area contributed by atoms with Gasteiger partial charge in [-0.05, 0) is 11.6 Å². The summed E-state index contributed by atoms with van der Waals surface area (Å²) >= 11 is 0. The van der Waals surface area contributed by atoms with Crippen LogP contribution in [0.3, 0.4) is 0 Å². The molecule has 1 N–H and O–H groups in total. The molecule has 0 radical (unpaired) electrons. The van der Waals surface area contributed by atoms with Crippen LogP contribution in [0.25, 0.3) is 22.4 Å². The molecule has 33 heavy (non-hydrogen) atoms. The van der Waals surface area contributed by atoms with Gasteiger partial charge in [-0.2, -0.15) is 0 Å². The van der Waals surface area contributed by atoms with E-state index in [4.69, 9.17) is 9.47 Å². The lowest BCUT2D eigenvalue weighted by Gasteiger charge is -2.28. The number of ether oxygens (including phenoxy) is 2. The minimum Gasteiger partial charge on any atom is -0.493 e. The van der Waals surface area contributed by atoms with Crippen LogP contribution in [0.5, 0.6) is 5.75 Å². The van der Waals surface area contributed by atoms with Crippen molar-refractivity contribution >= 4 is 11.8 Å². The van der Waals surface area contributed by atoms with E-state index in [2.05, 4.69) is 15.5 Å². The van der Waals surface area contributed by atoms with Crippen molar-refractivity contribution in [3.8, 4) is 28.1 Å². The number of anilines is 1. The summed E-state index contributed by atoms with van der Waals surface area (Å²) in [6.45, 7) is 0.573. The summed E-state index contributed by atoms with van der Waals surface area (Å²) in [5, 5.41) is 12.5. The molecule has 0 fully saturated rings. The minimum atomic E-state index is -0.469. The second-order valence-electron chi connectivity index (χ2n) is 7.74. The second kappa shape index (κ2) is 9.12. The Bertz CT molecular complexity index is 1280. The number of benzene rings is 3. The van der Waals surface area contributed by atoms with Gasteiger partial charge in [-0.15, -0.1) is 10.2 Å². The van der Waals surface area contributed by atoms with Crippen LogP contribution in [0.1, 0.15) is 28.4 Å². The molecule has 5 rings (SSSR count). The highest BCUT2D eigenvalue weighted by atomic mass is 16.5. The lowest BCUT2D eigenvalue weighted by molar-refractivity contribution is 0.0602. The van der Waals surface area contributed by atoms with E-state index in [9.17, 15) is 4.79 Å². The zero-order chi connectivity index (χ0) is 22.6. The Morgan fingerprint density at radius 2 is 1.58 bits per heavy atom. The number of hydrogen-bond acceptors (Lipinski definition) is 6. The van der Waals surface area contributed by atoms with Crippen molar-refractivity contribution in [3.05, 3.63) is 96.1 Å². The maximum absolute atomic E-state index is 13.1. The van der Waals surface area contributed by atoms with Gasteiger partial charge in [0.2, 0.25) is 0 Å². The van der Waals surface area contributed by atoms with Crippen LogP contribution in [0, 0.1) is 0 Å². The van der Waals surface area contributed by atoms with Gasteiger partial charge >= 0.3 is 5.97 Å². The van der Waals surface area contributed by atoms with Crippen LogP contribution in [0.2, 0.25) is 0 Å². The van der Waals surface area contributed by atoms with Gasteiger partial charge in [-0.1, -0.05) is 78.9 Å². The molecule has 0 saturated carbocycles. The summed E-state index contributed by atoms with van der Waals surface area (Å²) in [6, 6.07) is 27.3. The van der Waals surface area contributed by atoms with Crippen molar-refractivity contribution in [2.24, 2.45) is 0 Å². The number of carbonyl (C=O) groups is 1. The standard InChI is InChI=1S/C27H23N3O3/c1-32-27(31)24-23(18-10-4-2-5-11-18)25(19-12-6-3-7-13-19)29-30-26(24)28-21-16-17-33-22-15-9-8-14-20(21)22/h2-15,21H,16-17H2,1H3,(H,28,30). The number of rotatable bonds is 5. The number of methoxy groups -OCH3 is 1. The van der Waals surface area contributed by atoms with Gasteiger partial charge in [-0.25, -0.2) is 4.79 Å². The van der Waals surface area contributed by atoms with Gasteiger partial charge in [0.1, 0.15) is 17.0 Å². The van der Waals surface area contributed by atoms with Gasteiger partial charge in [0.25, 0.3) is 0 Å². The van der Waals surface area contributed by atoms with Crippen molar-refractivity contribution < 1.29 is 14.3 Å². The SMILES string of the molecule is COC(=O)c1c(NC2CCOc3ccccc32)nnc(-c2ccccc2)c1-c1ccccc1. The fraction of sp³-hybridized carbons (Fsp3) is 0.148. The van der Waals surface area contributed by atoms with Gasteiger partial charge < -0.3 is 14.8 Å². The number of esters is 1. The molecule has 2 heterocycles. The molecule has 1 aliphatic heterocycles. The van der Waals surface area contributed by atoms with E-state index in [1.54, 1.807) is 0 Å². The quantitative estimate of drug-likeness (QED) is 0.414. The number of nitrogens with zero attached hydrogens (tertiary/aromatic N) is 2. The van der Waals surface area contributed by atoms with Gasteiger partial charge in [0, 0.05) is 23.1 Å². The van der Waals surface area contributed by atoms with E-state index < -0.39 is 5.97 Å². The first-order valence-corrected chi connectivity index (χ1v) is 10.8. The summed E-state index contributed by atoms with van der Waals surface area (Å²) in [5.41, 5.74) is 4.43. The normalized spacial score (nSPS) is 14.6. The van der Waals surface area contributed by atoms with Crippen LogP contribution in [-0.2, 0) is 4.74 Å². The molecule has 0 amide bonds. The molecule has 0 saturated heterocycles. The summed E-state index contributed by atoms with van der Waals surface area (Å²) in [4.78, 5) is 13.1. The van der Waals surface area contributed by atoms with Crippen molar-refractivity contribution in [1.82, 2.24) is 10.2 Å². The van der Waals surface area contributed by atoms with Crippen LogP contribution in [0.4, 0.5) is 5.82 Å². The average molecular weight is 437 g/mol. The molecule has 4 aromatic rings. The molecule has 1 aromatic heterocycles. The lowest BCUT2D eigenvalue weighted by atomic mass is 9.94. The summed E-state index contributed by atoms with van der Waals surface area (Å²) in [6.07, 6.45) is 0.737. The molecule has 1 atom stereocenters. The van der Waals surface area contributed by atoms with Gasteiger partial charge in [0.05, 0.1) is 19.8 Å². The summed E-state index contributed by atoms with van der Waals surface area (Å²) in [7, 11) is 1.38. The predicted octanol–water partition coefficient (Wildman–Crippen LogP) is 5.53.